The first kappa shape index (κ1) is 22.2. The number of benzene rings is 2. The van der Waals surface area contributed by atoms with Gasteiger partial charge in [-0.1, -0.05) is 18.2 Å². The number of nitrogens with zero attached hydrogens (tertiary/aromatic N) is 2. The molecule has 2 heterocycles. The van der Waals surface area contributed by atoms with Crippen LogP contribution >= 0.6 is 0 Å². The molecule has 32 heavy (non-hydrogen) atoms. The summed E-state index contributed by atoms with van der Waals surface area (Å²) in [5.74, 6) is -2.03. The summed E-state index contributed by atoms with van der Waals surface area (Å²) in [4.78, 5) is 28.2. The second-order valence-electron chi connectivity index (χ2n) is 8.52. The summed E-state index contributed by atoms with van der Waals surface area (Å²) in [6, 6.07) is 10.9. The molecule has 3 unspecified atom stereocenters. The van der Waals surface area contributed by atoms with Crippen LogP contribution in [0.3, 0.4) is 0 Å². The van der Waals surface area contributed by atoms with Crippen LogP contribution in [0, 0.1) is 17.6 Å². The van der Waals surface area contributed by atoms with Gasteiger partial charge in [-0.05, 0) is 43.7 Å². The summed E-state index contributed by atoms with van der Waals surface area (Å²) in [5, 5.41) is 2.78. The fourth-order valence-corrected chi connectivity index (χ4v) is 4.41. The van der Waals surface area contributed by atoms with Gasteiger partial charge in [0.25, 0.3) is 0 Å². The number of halogens is 2. The molecule has 2 amide bonds. The Kier molecular flexibility index (Phi) is 6.41. The summed E-state index contributed by atoms with van der Waals surface area (Å²) in [6.45, 7) is 5.43. The molecule has 2 aliphatic rings. The van der Waals surface area contributed by atoms with E-state index in [0.717, 1.165) is 0 Å². The van der Waals surface area contributed by atoms with E-state index in [1.54, 1.807) is 24.3 Å². The van der Waals surface area contributed by atoms with E-state index in [1.165, 1.54) is 23.1 Å². The van der Waals surface area contributed by atoms with Gasteiger partial charge in [-0.2, -0.15) is 0 Å². The third kappa shape index (κ3) is 4.75. The van der Waals surface area contributed by atoms with Gasteiger partial charge < -0.3 is 19.9 Å². The van der Waals surface area contributed by atoms with Crippen molar-refractivity contribution in [3.8, 4) is 0 Å². The van der Waals surface area contributed by atoms with Gasteiger partial charge in [-0.15, -0.1) is 0 Å². The Morgan fingerprint density at radius 3 is 2.44 bits per heavy atom. The topological polar surface area (TPSA) is 61.9 Å². The molecule has 2 aliphatic heterocycles. The normalized spacial score (nSPS) is 23.5. The van der Waals surface area contributed by atoms with Crippen molar-refractivity contribution in [2.75, 3.05) is 29.4 Å². The number of ether oxygens (including phenoxy) is 1. The zero-order valence-corrected chi connectivity index (χ0v) is 18.2. The highest BCUT2D eigenvalue weighted by Gasteiger charge is 2.36. The molecular formula is C24H27F2N3O3. The molecule has 0 bridgehead atoms. The average molecular weight is 443 g/mol. The molecule has 0 aromatic heterocycles. The van der Waals surface area contributed by atoms with Gasteiger partial charge in [-0.3, -0.25) is 9.59 Å². The number of amides is 2. The lowest BCUT2D eigenvalue weighted by Crippen LogP contribution is -2.45. The van der Waals surface area contributed by atoms with Crippen LogP contribution in [-0.2, 0) is 20.9 Å². The number of carbonyl (C=O) groups is 2. The van der Waals surface area contributed by atoms with Crippen LogP contribution in [-0.4, -0.2) is 43.7 Å². The maximum atomic E-state index is 14.8. The van der Waals surface area contributed by atoms with Crippen molar-refractivity contribution in [1.82, 2.24) is 5.32 Å². The van der Waals surface area contributed by atoms with Crippen LogP contribution in [0.1, 0.15) is 25.8 Å². The van der Waals surface area contributed by atoms with Crippen LogP contribution < -0.4 is 15.1 Å². The van der Waals surface area contributed by atoms with E-state index in [0.29, 0.717) is 24.3 Å². The molecule has 2 fully saturated rings. The fraction of sp³-hybridized carbons (Fsp3) is 0.417. The van der Waals surface area contributed by atoms with E-state index >= 15 is 0 Å². The average Bonchev–Trinajstić information content (AvgIpc) is 3.13. The van der Waals surface area contributed by atoms with E-state index in [1.807, 2.05) is 18.7 Å². The first-order valence-electron chi connectivity index (χ1n) is 10.8. The first-order valence-corrected chi connectivity index (χ1v) is 10.8. The number of carbonyl (C=O) groups excluding carboxylic acids is 2. The Bertz CT molecular complexity index is 1010. The van der Waals surface area contributed by atoms with Gasteiger partial charge in [0.15, 0.2) is 0 Å². The number of rotatable bonds is 5. The highest BCUT2D eigenvalue weighted by Crippen LogP contribution is 2.28. The summed E-state index contributed by atoms with van der Waals surface area (Å²) < 4.78 is 34.5. The minimum absolute atomic E-state index is 0.0147. The lowest BCUT2D eigenvalue weighted by Gasteiger charge is -2.37. The van der Waals surface area contributed by atoms with Crippen molar-refractivity contribution in [2.45, 2.75) is 39.0 Å². The van der Waals surface area contributed by atoms with E-state index in [2.05, 4.69) is 5.32 Å². The minimum Gasteiger partial charge on any atom is -0.372 e. The van der Waals surface area contributed by atoms with E-state index in [4.69, 9.17) is 4.74 Å². The van der Waals surface area contributed by atoms with Crippen molar-refractivity contribution in [1.29, 1.82) is 0 Å². The maximum Gasteiger partial charge on any atom is 0.227 e. The summed E-state index contributed by atoms with van der Waals surface area (Å²) in [5.41, 5.74) is 1.32. The largest absolute Gasteiger partial charge is 0.372 e. The number of nitrogens with one attached hydrogen (secondary N) is 1. The number of para-hydroxylation sites is 1. The van der Waals surface area contributed by atoms with E-state index < -0.39 is 11.7 Å². The minimum atomic E-state index is -0.581. The smallest absolute Gasteiger partial charge is 0.227 e. The Labute approximate surface area is 186 Å². The molecule has 2 saturated heterocycles. The number of hydrogen-bond donors (Lipinski definition) is 1. The molecule has 2 aromatic rings. The van der Waals surface area contributed by atoms with Gasteiger partial charge in [0.1, 0.15) is 11.6 Å². The SMILES string of the molecule is CC1CN(c2ccc(CNC(=O)C3CC(=O)N(c4ccccc4F)C3)cc2F)CC(C)O1. The van der Waals surface area contributed by atoms with Gasteiger partial charge in [-0.25, -0.2) is 8.78 Å². The Hall–Kier alpha value is -3.00. The molecule has 4 rings (SSSR count). The number of anilines is 2. The lowest BCUT2D eigenvalue weighted by atomic mass is 10.1. The number of morpholine rings is 1. The van der Waals surface area contributed by atoms with Crippen LogP contribution in [0.15, 0.2) is 42.5 Å². The second-order valence-corrected chi connectivity index (χ2v) is 8.52. The molecule has 8 heteroatoms. The van der Waals surface area contributed by atoms with Crippen LogP contribution in [0.25, 0.3) is 0 Å². The molecular weight excluding hydrogens is 416 g/mol. The van der Waals surface area contributed by atoms with Gasteiger partial charge in [0, 0.05) is 32.6 Å². The molecule has 6 nitrogen and oxygen atoms in total. The predicted molar refractivity (Wildman–Crippen MR) is 117 cm³/mol. The highest BCUT2D eigenvalue weighted by atomic mass is 19.1. The predicted octanol–water partition coefficient (Wildman–Crippen LogP) is 3.25. The highest BCUT2D eigenvalue weighted by molar-refractivity contribution is 6.00. The molecule has 2 aromatic carbocycles. The van der Waals surface area contributed by atoms with E-state index in [-0.39, 0.29) is 55.0 Å². The first-order chi connectivity index (χ1) is 15.3. The third-order valence-electron chi connectivity index (χ3n) is 5.88. The van der Waals surface area contributed by atoms with Crippen LogP contribution in [0.5, 0.6) is 0 Å². The molecule has 1 N–H and O–H groups in total. The van der Waals surface area contributed by atoms with Crippen molar-refractivity contribution in [3.63, 3.8) is 0 Å². The summed E-state index contributed by atoms with van der Waals surface area (Å²) >= 11 is 0. The molecule has 0 radical (unpaired) electrons. The summed E-state index contributed by atoms with van der Waals surface area (Å²) in [7, 11) is 0. The third-order valence-corrected chi connectivity index (χ3v) is 5.88. The second kappa shape index (κ2) is 9.24. The lowest BCUT2D eigenvalue weighted by molar-refractivity contribution is -0.126. The van der Waals surface area contributed by atoms with Gasteiger partial charge in [0.2, 0.25) is 11.8 Å². The maximum absolute atomic E-state index is 14.8. The van der Waals surface area contributed by atoms with Crippen LogP contribution in [0.2, 0.25) is 0 Å². The van der Waals surface area contributed by atoms with Crippen molar-refractivity contribution < 1.29 is 23.1 Å². The van der Waals surface area contributed by atoms with Gasteiger partial charge in [0.05, 0.1) is 29.5 Å². The summed E-state index contributed by atoms with van der Waals surface area (Å²) in [6.07, 6.45) is 0.0613. The molecule has 0 aliphatic carbocycles. The quantitative estimate of drug-likeness (QED) is 0.771. The molecule has 170 valence electrons. The number of hydrogen-bond acceptors (Lipinski definition) is 4. The zero-order chi connectivity index (χ0) is 22.8. The zero-order valence-electron chi connectivity index (χ0n) is 18.2. The Morgan fingerprint density at radius 2 is 1.75 bits per heavy atom. The molecule has 0 saturated carbocycles. The Balaban J connectivity index is 1.36. The van der Waals surface area contributed by atoms with Crippen LogP contribution in [0.4, 0.5) is 20.2 Å². The van der Waals surface area contributed by atoms with Crippen molar-refractivity contribution >= 4 is 23.2 Å². The fourth-order valence-electron chi connectivity index (χ4n) is 4.41. The van der Waals surface area contributed by atoms with Gasteiger partial charge >= 0.3 is 0 Å². The van der Waals surface area contributed by atoms with Crippen molar-refractivity contribution in [3.05, 3.63) is 59.7 Å². The van der Waals surface area contributed by atoms with E-state index in [9.17, 15) is 18.4 Å². The molecule has 0 spiro atoms. The Morgan fingerprint density at radius 1 is 1.03 bits per heavy atom. The molecule has 3 atom stereocenters. The van der Waals surface area contributed by atoms with Crippen molar-refractivity contribution in [2.24, 2.45) is 5.92 Å². The monoisotopic (exact) mass is 443 g/mol. The standard InChI is InChI=1S/C24H27F2N3O3/c1-15-12-28(13-16(2)32-15)21-8-7-17(9-20(21)26)11-27-24(31)18-10-23(30)29(14-18)22-6-4-3-5-19(22)25/h3-9,15-16,18H,10-14H2,1-2H3,(H,27,31).